The normalized spacial score (nSPS) is 14.5. The van der Waals surface area contributed by atoms with Crippen molar-refractivity contribution in [3.8, 4) is 5.75 Å². The summed E-state index contributed by atoms with van der Waals surface area (Å²) in [5.41, 5.74) is 0.634. The van der Waals surface area contributed by atoms with Crippen molar-refractivity contribution < 1.29 is 19.1 Å². The number of carbonyl (C=O) groups excluding carboxylic acids is 3. The van der Waals surface area contributed by atoms with Crippen molar-refractivity contribution in [2.45, 2.75) is 31.8 Å². The van der Waals surface area contributed by atoms with Gasteiger partial charge in [0.15, 0.2) is 0 Å². The first-order valence-electron chi connectivity index (χ1n) is 12.2. The Hall–Kier alpha value is -3.84. The van der Waals surface area contributed by atoms with E-state index in [4.69, 9.17) is 16.3 Å². The van der Waals surface area contributed by atoms with E-state index >= 15 is 0 Å². The molecule has 3 aromatic carbocycles. The van der Waals surface area contributed by atoms with Crippen LogP contribution in [0.5, 0.6) is 5.75 Å². The summed E-state index contributed by atoms with van der Waals surface area (Å²) in [7, 11) is 1.56. The van der Waals surface area contributed by atoms with Crippen molar-refractivity contribution in [3.63, 3.8) is 0 Å². The predicted octanol–water partition coefficient (Wildman–Crippen LogP) is 4.69. The quantitative estimate of drug-likeness (QED) is 0.491. The molecule has 0 aliphatic carbocycles. The smallest absolute Gasteiger partial charge is 0.259 e. The minimum Gasteiger partial charge on any atom is -0.497 e. The molecule has 0 atom stereocenters. The zero-order chi connectivity index (χ0) is 26.4. The molecule has 1 aliphatic rings. The Kier molecular flexibility index (Phi) is 8.14. The maximum atomic E-state index is 14.1. The molecule has 4 rings (SSSR count). The van der Waals surface area contributed by atoms with Crippen molar-refractivity contribution in [3.05, 3.63) is 95.0 Å². The maximum Gasteiger partial charge on any atom is 0.259 e. The second-order valence-electron chi connectivity index (χ2n) is 9.05. The monoisotopic (exact) mass is 519 g/mol. The van der Waals surface area contributed by atoms with Gasteiger partial charge in [0.1, 0.15) is 11.3 Å². The summed E-state index contributed by atoms with van der Waals surface area (Å²) in [5.74, 6) is -0.0533. The van der Waals surface area contributed by atoms with Crippen molar-refractivity contribution in [2.75, 3.05) is 25.1 Å². The van der Waals surface area contributed by atoms with E-state index < -0.39 is 5.54 Å². The van der Waals surface area contributed by atoms with Crippen LogP contribution in [-0.4, -0.2) is 48.4 Å². The highest BCUT2D eigenvalue weighted by Gasteiger charge is 2.49. The maximum absolute atomic E-state index is 14.1. The first-order valence-corrected chi connectivity index (χ1v) is 12.5. The van der Waals surface area contributed by atoms with Gasteiger partial charge in [-0.05, 0) is 60.9 Å². The molecule has 0 radical (unpaired) electrons. The lowest BCUT2D eigenvalue weighted by atomic mass is 9.83. The number of methoxy groups -OCH3 is 1. The first-order chi connectivity index (χ1) is 17.8. The van der Waals surface area contributed by atoms with Crippen LogP contribution in [0.2, 0.25) is 5.02 Å². The average Bonchev–Trinajstić information content (AvgIpc) is 2.92. The van der Waals surface area contributed by atoms with Gasteiger partial charge in [-0.15, -0.1) is 0 Å². The van der Waals surface area contributed by atoms with Gasteiger partial charge in [-0.25, -0.2) is 0 Å². The number of halogens is 1. The molecule has 0 aromatic heterocycles. The molecule has 8 heteroatoms. The van der Waals surface area contributed by atoms with Gasteiger partial charge in [0, 0.05) is 42.8 Å². The molecule has 3 aromatic rings. The molecule has 1 saturated heterocycles. The number of ether oxygens (including phenoxy) is 1. The largest absolute Gasteiger partial charge is 0.497 e. The molecule has 0 bridgehead atoms. The number of nitrogens with one attached hydrogen (secondary N) is 1. The SMILES string of the molecule is COc1ccc(C(=O)N(c2cccc(Cl)c2)C2(C(=O)NCc3ccccc3)CCN(C(C)=O)CC2)cc1. The van der Waals surface area contributed by atoms with E-state index in [1.165, 1.54) is 6.92 Å². The zero-order valence-corrected chi connectivity index (χ0v) is 21.7. The molecule has 192 valence electrons. The molecule has 0 spiro atoms. The number of hydrogen-bond acceptors (Lipinski definition) is 4. The van der Waals surface area contributed by atoms with Crippen LogP contribution in [0.15, 0.2) is 78.9 Å². The minimum absolute atomic E-state index is 0.0610. The first kappa shape index (κ1) is 26.2. The van der Waals surface area contributed by atoms with E-state index in [2.05, 4.69) is 5.32 Å². The van der Waals surface area contributed by atoms with Gasteiger partial charge in [-0.3, -0.25) is 19.3 Å². The Morgan fingerprint density at radius 2 is 1.65 bits per heavy atom. The van der Waals surface area contributed by atoms with Crippen LogP contribution in [0.3, 0.4) is 0 Å². The fourth-order valence-corrected chi connectivity index (χ4v) is 4.91. The van der Waals surface area contributed by atoms with Crippen molar-refractivity contribution in [1.29, 1.82) is 0 Å². The van der Waals surface area contributed by atoms with Gasteiger partial charge in [0.05, 0.1) is 7.11 Å². The van der Waals surface area contributed by atoms with Gasteiger partial charge in [0.25, 0.3) is 5.91 Å². The van der Waals surface area contributed by atoms with Crippen molar-refractivity contribution in [1.82, 2.24) is 10.2 Å². The molecule has 3 amide bonds. The Bertz CT molecular complexity index is 1260. The molecule has 37 heavy (non-hydrogen) atoms. The topological polar surface area (TPSA) is 79.0 Å². The zero-order valence-electron chi connectivity index (χ0n) is 20.9. The number of carbonyl (C=O) groups is 3. The number of likely N-dealkylation sites (tertiary alicyclic amines) is 1. The Morgan fingerprint density at radius 3 is 2.24 bits per heavy atom. The second-order valence-corrected chi connectivity index (χ2v) is 9.49. The van der Waals surface area contributed by atoms with Crippen molar-refractivity contribution in [2.24, 2.45) is 0 Å². The Labute approximate surface area is 222 Å². The molecule has 7 nitrogen and oxygen atoms in total. The highest BCUT2D eigenvalue weighted by atomic mass is 35.5. The molecule has 0 unspecified atom stereocenters. The predicted molar refractivity (Wildman–Crippen MR) is 144 cm³/mol. The van der Waals surface area contributed by atoms with E-state index in [1.54, 1.807) is 65.4 Å². The van der Waals surface area contributed by atoms with Gasteiger partial charge in [-0.1, -0.05) is 48.0 Å². The average molecular weight is 520 g/mol. The van der Waals surface area contributed by atoms with Crippen LogP contribution in [0.4, 0.5) is 5.69 Å². The number of benzene rings is 3. The van der Waals surface area contributed by atoms with Crippen LogP contribution in [0.25, 0.3) is 0 Å². The van der Waals surface area contributed by atoms with Crippen molar-refractivity contribution >= 4 is 35.0 Å². The van der Waals surface area contributed by atoms with Gasteiger partial charge < -0.3 is 15.0 Å². The number of rotatable bonds is 7. The van der Waals surface area contributed by atoms with Crippen LogP contribution >= 0.6 is 11.6 Å². The number of piperidine rings is 1. The Morgan fingerprint density at radius 1 is 0.973 bits per heavy atom. The third-order valence-corrected chi connectivity index (χ3v) is 7.02. The van der Waals surface area contributed by atoms with Crippen LogP contribution in [-0.2, 0) is 16.1 Å². The molecule has 0 saturated carbocycles. The number of amides is 3. The third kappa shape index (κ3) is 5.78. The summed E-state index contributed by atoms with van der Waals surface area (Å²) in [5, 5.41) is 3.50. The van der Waals surface area contributed by atoms with Gasteiger partial charge in [-0.2, -0.15) is 0 Å². The van der Waals surface area contributed by atoms with E-state index in [-0.39, 0.29) is 30.6 Å². The summed E-state index contributed by atoms with van der Waals surface area (Å²) in [6.45, 7) is 2.53. The summed E-state index contributed by atoms with van der Waals surface area (Å²) in [6.07, 6.45) is 0.559. The van der Waals surface area contributed by atoms with Crippen LogP contribution in [0.1, 0.15) is 35.7 Å². The summed E-state index contributed by atoms with van der Waals surface area (Å²) < 4.78 is 5.25. The summed E-state index contributed by atoms with van der Waals surface area (Å²) in [6, 6.07) is 23.3. The Balaban J connectivity index is 1.77. The fourth-order valence-electron chi connectivity index (χ4n) is 4.72. The molecular formula is C29H30ClN3O4. The van der Waals surface area contributed by atoms with E-state index in [9.17, 15) is 14.4 Å². The molecule has 1 aliphatic heterocycles. The van der Waals surface area contributed by atoms with E-state index in [0.29, 0.717) is 41.7 Å². The number of nitrogens with zero attached hydrogens (tertiary/aromatic N) is 2. The highest BCUT2D eigenvalue weighted by Crippen LogP contribution is 2.36. The molecular weight excluding hydrogens is 490 g/mol. The lowest BCUT2D eigenvalue weighted by molar-refractivity contribution is -0.135. The lowest BCUT2D eigenvalue weighted by Gasteiger charge is -2.47. The van der Waals surface area contributed by atoms with Gasteiger partial charge in [0.2, 0.25) is 11.8 Å². The molecule has 1 fully saturated rings. The molecule has 1 N–H and O–H groups in total. The van der Waals surface area contributed by atoms with E-state index in [1.807, 2.05) is 30.3 Å². The van der Waals surface area contributed by atoms with Crippen LogP contribution in [0, 0.1) is 0 Å². The summed E-state index contributed by atoms with van der Waals surface area (Å²) >= 11 is 6.34. The number of hydrogen-bond donors (Lipinski definition) is 1. The highest BCUT2D eigenvalue weighted by molar-refractivity contribution is 6.31. The third-order valence-electron chi connectivity index (χ3n) is 6.79. The van der Waals surface area contributed by atoms with Gasteiger partial charge >= 0.3 is 0 Å². The summed E-state index contributed by atoms with van der Waals surface area (Å²) in [4.78, 5) is 43.5. The van der Waals surface area contributed by atoms with Crippen LogP contribution < -0.4 is 15.0 Å². The molecule has 1 heterocycles. The standard InChI is InChI=1S/C29H30ClN3O4/c1-21(34)32-17-15-29(16-18-32,28(36)31-20-22-7-4-3-5-8-22)33(25-10-6-9-24(30)19-25)27(35)23-11-13-26(37-2)14-12-23/h3-14,19H,15-18,20H2,1-2H3,(H,31,36). The van der Waals surface area contributed by atoms with E-state index in [0.717, 1.165) is 5.56 Å². The second kappa shape index (κ2) is 11.5. The lowest BCUT2D eigenvalue weighted by Crippen LogP contribution is -2.65. The minimum atomic E-state index is -1.23. The number of anilines is 1. The fraction of sp³-hybridized carbons (Fsp3) is 0.276.